The third-order valence-electron chi connectivity index (χ3n) is 12.6. The Balaban J connectivity index is 2.70. The van der Waals surface area contributed by atoms with Crippen molar-refractivity contribution in [1.82, 2.24) is 53.2 Å². The van der Waals surface area contributed by atoms with Crippen LogP contribution in [0, 0.1) is 5.92 Å². The number of nitrogens with one attached hydrogen (secondary N) is 10. The fourth-order valence-electron chi connectivity index (χ4n) is 8.32. The number of aliphatic hydroxyl groups excluding tert-OH is 2. The number of unbranched alkanes of at least 4 members (excludes halogenated alkanes) is 4. The lowest BCUT2D eigenvalue weighted by atomic mass is 10.00. The summed E-state index contributed by atoms with van der Waals surface area (Å²) in [7, 11) is 0. The zero-order chi connectivity index (χ0) is 57.6. The van der Waals surface area contributed by atoms with Crippen LogP contribution in [0.3, 0.4) is 0 Å². The van der Waals surface area contributed by atoms with Crippen LogP contribution in [-0.4, -0.2) is 169 Å². The lowest BCUT2D eigenvalue weighted by molar-refractivity contribution is -0.136. The van der Waals surface area contributed by atoms with Crippen molar-refractivity contribution in [1.29, 1.82) is 0 Å². The molecule has 1 aliphatic rings. The van der Waals surface area contributed by atoms with Gasteiger partial charge in [-0.2, -0.15) is 0 Å². The molecule has 0 saturated carbocycles. The highest BCUT2D eigenvalue weighted by Gasteiger charge is 2.37. The van der Waals surface area contributed by atoms with Crippen molar-refractivity contribution in [2.24, 2.45) is 28.9 Å². The maximum Gasteiger partial charge on any atom is 0.245 e. The van der Waals surface area contributed by atoms with Crippen LogP contribution in [0.5, 0.6) is 0 Å². The van der Waals surface area contributed by atoms with Gasteiger partial charge in [-0.1, -0.05) is 76.8 Å². The van der Waals surface area contributed by atoms with Gasteiger partial charge in [0.05, 0.1) is 12.2 Å². The van der Waals surface area contributed by atoms with Gasteiger partial charge in [0.15, 0.2) is 0 Å². The Labute approximate surface area is 451 Å². The summed E-state index contributed by atoms with van der Waals surface area (Å²) < 4.78 is 0. The maximum absolute atomic E-state index is 14.4. The first-order chi connectivity index (χ1) is 36.6. The molecule has 1 fully saturated rings. The summed E-state index contributed by atoms with van der Waals surface area (Å²) in [5, 5.41) is 46.9. The topological polar surface area (TPSA) is 436 Å². The minimum absolute atomic E-state index is 0.0628. The van der Waals surface area contributed by atoms with E-state index in [1.54, 1.807) is 44.2 Å². The third-order valence-corrected chi connectivity index (χ3v) is 12.6. The third kappa shape index (κ3) is 24.3. The molecule has 434 valence electrons. The first-order valence-corrected chi connectivity index (χ1v) is 26.8. The normalized spacial score (nSPS) is 23.3. The molecule has 0 bridgehead atoms. The Bertz CT molecular complexity index is 2070. The maximum atomic E-state index is 14.4. The summed E-state index contributed by atoms with van der Waals surface area (Å²) >= 11 is 0. The van der Waals surface area contributed by atoms with E-state index in [0.717, 1.165) is 25.7 Å². The summed E-state index contributed by atoms with van der Waals surface area (Å²) in [6, 6.07) is -4.44. The molecule has 20 N–H and O–H groups in total. The van der Waals surface area contributed by atoms with E-state index in [1.807, 2.05) is 0 Å². The number of aliphatic hydroxyl groups is 2. The van der Waals surface area contributed by atoms with Crippen molar-refractivity contribution in [3.63, 3.8) is 0 Å². The number of hydrogen-bond acceptors (Lipinski definition) is 16. The Kier molecular flexibility index (Phi) is 31.1. The van der Waals surface area contributed by atoms with E-state index in [4.69, 9.17) is 22.9 Å². The van der Waals surface area contributed by atoms with Crippen LogP contribution in [-0.2, 0) is 54.4 Å². The standard InChI is InChI=1S/C51H88N14O12/c1-6-7-8-9-13-16-40(68)64-42(31(5)67)51(77)61-35(19-24-54)44(70)60-37-21-26-56-50(76)41(30(4)66)65-47(73)36(20-25-55)58-43(69)33(17-22-52)59-48(74)38(27-29(2)3)62-49(75)39(28-32-14-11-10-12-15-32)63-45(71)34(18-23-53)57-46(37)72/h10-12,14-15,29-31,33-39,41-42,66-67H,6-9,13,16-28,52-55H2,1-5H3,(H,56,76)(H,57,72)(H,58,69)(H,59,74)(H,60,70)(H,61,77)(H,62,75)(H,63,71)(H,64,68)(H,65,73)/t30-,31-,33+,34+,35+,36+,37+,38+,39-,41+,42+/m1/s1. The second-order valence-corrected chi connectivity index (χ2v) is 19.8. The summed E-state index contributed by atoms with van der Waals surface area (Å²) in [5.41, 5.74) is 24.1. The monoisotopic (exact) mass is 1090 g/mol. The van der Waals surface area contributed by atoms with Crippen LogP contribution in [0.15, 0.2) is 30.3 Å². The largest absolute Gasteiger partial charge is 0.391 e. The number of carbonyl (C=O) groups excluding carboxylic acids is 10. The molecule has 0 unspecified atom stereocenters. The lowest BCUT2D eigenvalue weighted by Gasteiger charge is -2.28. The van der Waals surface area contributed by atoms with Gasteiger partial charge in [-0.3, -0.25) is 47.9 Å². The van der Waals surface area contributed by atoms with Crippen molar-refractivity contribution >= 4 is 59.1 Å². The lowest BCUT2D eigenvalue weighted by Crippen LogP contribution is -2.61. The number of hydrogen-bond donors (Lipinski definition) is 16. The van der Waals surface area contributed by atoms with Crippen molar-refractivity contribution in [2.75, 3.05) is 32.7 Å². The molecule has 1 aromatic rings. The Hall–Kier alpha value is -6.32. The smallest absolute Gasteiger partial charge is 0.245 e. The zero-order valence-electron chi connectivity index (χ0n) is 45.3. The molecular formula is C51H88N14O12. The molecule has 77 heavy (non-hydrogen) atoms. The SMILES string of the molecule is CCCCCCCC(=O)N[C@H](C(=O)N[C@@H](CCN)C(=O)N[C@H]1CCNC(=O)[C@H]([C@@H](C)O)NC(=O)[C@H](CCN)NC(=O)[C@H](CCN)NC(=O)[C@H](CC(C)C)NC(=O)[C@@H](Cc2ccccc2)NC(=O)[C@H](CCN)NC1=O)[C@@H](C)O. The van der Waals surface area contributed by atoms with E-state index in [-0.39, 0.29) is 77.0 Å². The first-order valence-electron chi connectivity index (χ1n) is 26.8. The minimum atomic E-state index is -1.66. The summed E-state index contributed by atoms with van der Waals surface area (Å²) in [4.78, 5) is 139. The number of benzene rings is 1. The van der Waals surface area contributed by atoms with Gasteiger partial charge in [-0.05, 0) is 96.5 Å². The quantitative estimate of drug-likeness (QED) is 0.0412. The van der Waals surface area contributed by atoms with E-state index in [2.05, 4.69) is 60.1 Å². The highest BCUT2D eigenvalue weighted by atomic mass is 16.3. The van der Waals surface area contributed by atoms with Crippen LogP contribution in [0.2, 0.25) is 0 Å². The second kappa shape index (κ2) is 35.9. The molecule has 1 saturated heterocycles. The van der Waals surface area contributed by atoms with Gasteiger partial charge in [0, 0.05) is 19.4 Å². The van der Waals surface area contributed by atoms with E-state index < -0.39 is 139 Å². The predicted octanol–water partition coefficient (Wildman–Crippen LogP) is -4.32. The van der Waals surface area contributed by atoms with Gasteiger partial charge in [0.1, 0.15) is 54.4 Å². The average molecular weight is 1090 g/mol. The molecule has 0 aromatic heterocycles. The molecule has 1 heterocycles. The van der Waals surface area contributed by atoms with Crippen LogP contribution < -0.4 is 76.1 Å². The minimum Gasteiger partial charge on any atom is -0.391 e. The van der Waals surface area contributed by atoms with E-state index in [1.165, 1.54) is 13.8 Å². The highest BCUT2D eigenvalue weighted by Crippen LogP contribution is 2.12. The summed E-state index contributed by atoms with van der Waals surface area (Å²) in [5.74, 6) is -8.79. The molecular weight excluding hydrogens is 1000 g/mol. The summed E-state index contributed by atoms with van der Waals surface area (Å²) in [6.07, 6.45) is 0.321. The number of rotatable bonds is 25. The molecule has 2 rings (SSSR count). The molecule has 11 atom stereocenters. The van der Waals surface area contributed by atoms with Gasteiger partial charge in [0.2, 0.25) is 59.1 Å². The molecule has 26 nitrogen and oxygen atoms in total. The zero-order valence-corrected chi connectivity index (χ0v) is 45.3. The van der Waals surface area contributed by atoms with E-state index in [0.29, 0.717) is 12.0 Å². The van der Waals surface area contributed by atoms with Crippen LogP contribution in [0.1, 0.15) is 117 Å². The van der Waals surface area contributed by atoms with Crippen molar-refractivity contribution in [3.05, 3.63) is 35.9 Å². The summed E-state index contributed by atoms with van der Waals surface area (Å²) in [6.45, 7) is 7.17. The van der Waals surface area contributed by atoms with E-state index in [9.17, 15) is 58.2 Å². The Morgan fingerprint density at radius 3 is 1.64 bits per heavy atom. The molecule has 0 radical (unpaired) electrons. The second-order valence-electron chi connectivity index (χ2n) is 19.8. The van der Waals surface area contributed by atoms with Crippen LogP contribution in [0.4, 0.5) is 0 Å². The van der Waals surface area contributed by atoms with Gasteiger partial charge in [-0.25, -0.2) is 0 Å². The predicted molar refractivity (Wildman–Crippen MR) is 286 cm³/mol. The fourth-order valence-corrected chi connectivity index (χ4v) is 8.32. The average Bonchev–Trinajstić information content (AvgIpc) is 3.37. The van der Waals surface area contributed by atoms with E-state index >= 15 is 0 Å². The highest BCUT2D eigenvalue weighted by molar-refractivity contribution is 5.99. The van der Waals surface area contributed by atoms with Gasteiger partial charge in [-0.15, -0.1) is 0 Å². The van der Waals surface area contributed by atoms with Gasteiger partial charge in [0.25, 0.3) is 0 Å². The molecule has 0 spiro atoms. The first kappa shape index (κ1) is 66.8. The van der Waals surface area contributed by atoms with Crippen LogP contribution >= 0.6 is 0 Å². The van der Waals surface area contributed by atoms with Crippen molar-refractivity contribution in [3.8, 4) is 0 Å². The van der Waals surface area contributed by atoms with Gasteiger partial charge >= 0.3 is 0 Å². The van der Waals surface area contributed by atoms with Crippen molar-refractivity contribution < 1.29 is 58.2 Å². The number of carbonyl (C=O) groups is 10. The Morgan fingerprint density at radius 1 is 0.610 bits per heavy atom. The number of nitrogens with two attached hydrogens (primary N) is 4. The number of amides is 10. The molecule has 26 heteroatoms. The van der Waals surface area contributed by atoms with Crippen LogP contribution in [0.25, 0.3) is 0 Å². The molecule has 1 aromatic carbocycles. The molecule has 0 aliphatic carbocycles. The fraction of sp³-hybridized carbons (Fsp3) is 0.686. The molecule has 10 amide bonds. The van der Waals surface area contributed by atoms with Crippen molar-refractivity contribution in [2.45, 2.75) is 185 Å². The van der Waals surface area contributed by atoms with Gasteiger partial charge < -0.3 is 86.3 Å². The molecule has 1 aliphatic heterocycles. The Morgan fingerprint density at radius 2 is 1.12 bits per heavy atom.